The molecule has 2 aromatic carbocycles. The fourth-order valence-corrected chi connectivity index (χ4v) is 4.02. The number of nitrogens with one attached hydrogen (secondary N) is 1. The molecule has 0 amide bonds. The van der Waals surface area contributed by atoms with E-state index in [1.54, 1.807) is 19.2 Å². The van der Waals surface area contributed by atoms with Crippen molar-refractivity contribution in [3.05, 3.63) is 53.1 Å². The van der Waals surface area contributed by atoms with Gasteiger partial charge in [0.1, 0.15) is 18.1 Å². The van der Waals surface area contributed by atoms with Gasteiger partial charge in [-0.2, -0.15) is 0 Å². The molecule has 1 atom stereocenters. The average Bonchev–Trinajstić information content (AvgIpc) is 2.54. The smallest absolute Gasteiger partial charge is 0.240 e. The second-order valence-electron chi connectivity index (χ2n) is 5.26. The van der Waals surface area contributed by atoms with E-state index in [9.17, 15) is 8.42 Å². The van der Waals surface area contributed by atoms with Gasteiger partial charge >= 0.3 is 0 Å². The first-order valence-electron chi connectivity index (χ1n) is 7.05. The zero-order valence-electron chi connectivity index (χ0n) is 12.5. The third-order valence-electron chi connectivity index (χ3n) is 3.60. The van der Waals surface area contributed by atoms with Gasteiger partial charge in [-0.05, 0) is 48.4 Å². The number of benzene rings is 2. The second-order valence-corrected chi connectivity index (χ2v) is 7.41. The number of ether oxygens (including phenoxy) is 2. The van der Waals surface area contributed by atoms with Gasteiger partial charge in [-0.3, -0.25) is 0 Å². The first kappa shape index (κ1) is 16.1. The summed E-state index contributed by atoms with van der Waals surface area (Å²) in [6.07, 6.45) is 0.534. The van der Waals surface area contributed by atoms with E-state index in [-0.39, 0.29) is 17.5 Å². The quantitative estimate of drug-likeness (QED) is 0.917. The maximum absolute atomic E-state index is 12.4. The summed E-state index contributed by atoms with van der Waals surface area (Å²) >= 11 is 5.86. The first-order chi connectivity index (χ1) is 11.0. The molecular weight excluding hydrogens is 338 g/mol. The molecule has 0 spiro atoms. The summed E-state index contributed by atoms with van der Waals surface area (Å²) in [6.45, 7) is 0.277. The van der Waals surface area contributed by atoms with Crippen LogP contribution in [0.3, 0.4) is 0 Å². The van der Waals surface area contributed by atoms with Crippen LogP contribution in [0.1, 0.15) is 5.56 Å². The van der Waals surface area contributed by atoms with E-state index >= 15 is 0 Å². The van der Waals surface area contributed by atoms with Crippen molar-refractivity contribution >= 4 is 21.6 Å². The van der Waals surface area contributed by atoms with Crippen LogP contribution in [0.2, 0.25) is 5.02 Å². The van der Waals surface area contributed by atoms with E-state index < -0.39 is 10.0 Å². The SMILES string of the molecule is COc1ccc2c(c1)C[C@@H](NS(=O)(=O)c1cccc(Cl)c1)CO2. The lowest BCUT2D eigenvalue weighted by atomic mass is 10.0. The Morgan fingerprint density at radius 3 is 2.83 bits per heavy atom. The molecule has 2 aromatic rings. The Labute approximate surface area is 140 Å². The standard InChI is InChI=1S/C16H16ClNO4S/c1-21-14-5-6-16-11(8-14)7-13(10-22-16)18-23(19,20)15-4-2-3-12(17)9-15/h2-6,8-9,13,18H,7,10H2,1H3/t13-/m1/s1. The topological polar surface area (TPSA) is 64.6 Å². The molecule has 0 bridgehead atoms. The van der Waals surface area contributed by atoms with Gasteiger partial charge in [-0.1, -0.05) is 17.7 Å². The normalized spacial score (nSPS) is 17.2. The van der Waals surface area contributed by atoms with Gasteiger partial charge in [0.2, 0.25) is 10.0 Å². The van der Waals surface area contributed by atoms with Gasteiger partial charge in [0.25, 0.3) is 0 Å². The monoisotopic (exact) mass is 353 g/mol. The molecule has 0 aliphatic carbocycles. The molecule has 0 saturated heterocycles. The summed E-state index contributed by atoms with van der Waals surface area (Å²) in [5.41, 5.74) is 0.911. The summed E-state index contributed by atoms with van der Waals surface area (Å²) in [7, 11) is -2.06. The third kappa shape index (κ3) is 3.60. The van der Waals surface area contributed by atoms with Crippen LogP contribution in [0.15, 0.2) is 47.4 Å². The van der Waals surface area contributed by atoms with Gasteiger partial charge in [0, 0.05) is 5.02 Å². The summed E-state index contributed by atoms with van der Waals surface area (Å²) in [6, 6.07) is 11.3. The van der Waals surface area contributed by atoms with Crippen LogP contribution in [0.5, 0.6) is 11.5 Å². The maximum atomic E-state index is 12.4. The molecule has 1 heterocycles. The van der Waals surface area contributed by atoms with Crippen LogP contribution in [-0.2, 0) is 16.4 Å². The highest BCUT2D eigenvalue weighted by Crippen LogP contribution is 2.29. The number of halogens is 1. The van der Waals surface area contributed by atoms with E-state index in [1.807, 2.05) is 18.2 Å². The highest BCUT2D eigenvalue weighted by molar-refractivity contribution is 7.89. The van der Waals surface area contributed by atoms with Gasteiger partial charge in [0.05, 0.1) is 18.0 Å². The number of sulfonamides is 1. The summed E-state index contributed by atoms with van der Waals surface area (Å²) < 4.78 is 38.4. The average molecular weight is 354 g/mol. The predicted molar refractivity (Wildman–Crippen MR) is 87.8 cm³/mol. The number of hydrogen-bond donors (Lipinski definition) is 1. The molecule has 23 heavy (non-hydrogen) atoms. The van der Waals surface area contributed by atoms with Crippen molar-refractivity contribution in [3.8, 4) is 11.5 Å². The van der Waals surface area contributed by atoms with Crippen LogP contribution < -0.4 is 14.2 Å². The zero-order valence-corrected chi connectivity index (χ0v) is 14.0. The molecule has 122 valence electrons. The van der Waals surface area contributed by atoms with Crippen molar-refractivity contribution in [1.29, 1.82) is 0 Å². The van der Waals surface area contributed by atoms with Gasteiger partial charge in [-0.25, -0.2) is 13.1 Å². The van der Waals surface area contributed by atoms with Crippen molar-refractivity contribution in [3.63, 3.8) is 0 Å². The van der Waals surface area contributed by atoms with Crippen LogP contribution in [-0.4, -0.2) is 28.2 Å². The Morgan fingerprint density at radius 2 is 2.09 bits per heavy atom. The van der Waals surface area contributed by atoms with E-state index in [4.69, 9.17) is 21.1 Å². The van der Waals surface area contributed by atoms with E-state index in [2.05, 4.69) is 4.72 Å². The minimum atomic E-state index is -3.65. The number of methoxy groups -OCH3 is 1. The van der Waals surface area contributed by atoms with Gasteiger partial charge < -0.3 is 9.47 Å². The lowest BCUT2D eigenvalue weighted by Crippen LogP contribution is -2.42. The molecular formula is C16H16ClNO4S. The number of fused-ring (bicyclic) bond motifs is 1. The molecule has 0 radical (unpaired) electrons. The number of hydrogen-bond acceptors (Lipinski definition) is 4. The maximum Gasteiger partial charge on any atom is 0.240 e. The molecule has 1 N–H and O–H groups in total. The lowest BCUT2D eigenvalue weighted by molar-refractivity contribution is 0.253. The molecule has 5 nitrogen and oxygen atoms in total. The van der Waals surface area contributed by atoms with Crippen molar-refractivity contribution in [2.75, 3.05) is 13.7 Å². The molecule has 7 heteroatoms. The van der Waals surface area contributed by atoms with Crippen LogP contribution >= 0.6 is 11.6 Å². The molecule has 0 aromatic heterocycles. The van der Waals surface area contributed by atoms with Crippen LogP contribution in [0.25, 0.3) is 0 Å². The fourth-order valence-electron chi connectivity index (χ4n) is 2.50. The van der Waals surface area contributed by atoms with Crippen molar-refractivity contribution in [2.24, 2.45) is 0 Å². The predicted octanol–water partition coefficient (Wildman–Crippen LogP) is 2.63. The van der Waals surface area contributed by atoms with Gasteiger partial charge in [-0.15, -0.1) is 0 Å². The second kappa shape index (κ2) is 6.39. The van der Waals surface area contributed by atoms with E-state index in [1.165, 1.54) is 12.1 Å². The first-order valence-corrected chi connectivity index (χ1v) is 8.91. The Bertz CT molecular complexity index is 823. The Kier molecular flexibility index (Phi) is 4.48. The lowest BCUT2D eigenvalue weighted by Gasteiger charge is -2.26. The molecule has 1 aliphatic heterocycles. The summed E-state index contributed by atoms with van der Waals surface area (Å²) in [5, 5.41) is 0.378. The fraction of sp³-hybridized carbons (Fsp3) is 0.250. The molecule has 0 fully saturated rings. The van der Waals surface area contributed by atoms with Crippen LogP contribution in [0, 0.1) is 0 Å². The summed E-state index contributed by atoms with van der Waals surface area (Å²) in [4.78, 5) is 0.140. The minimum absolute atomic E-state index is 0.140. The molecule has 0 unspecified atom stereocenters. The van der Waals surface area contributed by atoms with Gasteiger partial charge in [0.15, 0.2) is 0 Å². The van der Waals surface area contributed by atoms with E-state index in [0.29, 0.717) is 17.2 Å². The van der Waals surface area contributed by atoms with Crippen molar-refractivity contribution < 1.29 is 17.9 Å². The largest absolute Gasteiger partial charge is 0.497 e. The zero-order chi connectivity index (χ0) is 16.4. The molecule has 0 saturated carbocycles. The van der Waals surface area contributed by atoms with Crippen molar-refractivity contribution in [2.45, 2.75) is 17.4 Å². The summed E-state index contributed by atoms with van der Waals surface area (Å²) in [5.74, 6) is 1.47. The third-order valence-corrected chi connectivity index (χ3v) is 5.36. The molecule has 1 aliphatic rings. The Balaban J connectivity index is 1.79. The highest BCUT2D eigenvalue weighted by atomic mass is 35.5. The minimum Gasteiger partial charge on any atom is -0.497 e. The highest BCUT2D eigenvalue weighted by Gasteiger charge is 2.25. The van der Waals surface area contributed by atoms with Crippen molar-refractivity contribution in [1.82, 2.24) is 4.72 Å². The molecule has 3 rings (SSSR count). The number of rotatable bonds is 4. The Hall–Kier alpha value is -1.76. The Morgan fingerprint density at radius 1 is 1.26 bits per heavy atom. The van der Waals surface area contributed by atoms with Crippen LogP contribution in [0.4, 0.5) is 0 Å². The van der Waals surface area contributed by atoms with E-state index in [0.717, 1.165) is 11.3 Å².